The van der Waals surface area contributed by atoms with Gasteiger partial charge in [0.05, 0.1) is 17.1 Å². The van der Waals surface area contributed by atoms with Crippen LogP contribution in [0.25, 0.3) is 84.6 Å². The lowest BCUT2D eigenvalue weighted by molar-refractivity contribution is 1.02. The molecule has 0 saturated heterocycles. The van der Waals surface area contributed by atoms with E-state index < -0.39 is 0 Å². The summed E-state index contributed by atoms with van der Waals surface area (Å²) >= 11 is 0. The van der Waals surface area contributed by atoms with Gasteiger partial charge in [-0.1, -0.05) is 109 Å². The van der Waals surface area contributed by atoms with Gasteiger partial charge in [-0.15, -0.1) is 0 Å². The molecule has 270 valence electrons. The van der Waals surface area contributed by atoms with Crippen LogP contribution in [0.3, 0.4) is 0 Å². The summed E-state index contributed by atoms with van der Waals surface area (Å²) in [5.74, 6) is 1.72. The normalized spacial score (nSPS) is 11.2. The molecule has 0 aliphatic carbocycles. The summed E-state index contributed by atoms with van der Waals surface area (Å²) in [4.78, 5) is 16.3. The maximum atomic E-state index is 5.43. The monoisotopic (exact) mass is 732 g/mol. The molecule has 0 atom stereocenters. The van der Waals surface area contributed by atoms with E-state index in [0.717, 1.165) is 67.1 Å². The Morgan fingerprint density at radius 1 is 0.246 bits per heavy atom. The van der Waals surface area contributed by atoms with E-state index in [0.29, 0.717) is 17.5 Å². The molecule has 0 aliphatic rings. The third-order valence-corrected chi connectivity index (χ3v) is 10.3. The van der Waals surface area contributed by atoms with Crippen molar-refractivity contribution in [1.29, 1.82) is 0 Å². The Labute approximate surface area is 331 Å². The Kier molecular flexibility index (Phi) is 8.74. The van der Waals surface area contributed by atoms with E-state index in [4.69, 9.17) is 15.0 Å². The molecule has 6 aromatic carbocycles. The Bertz CT molecular complexity index is 2580. The van der Waals surface area contributed by atoms with Gasteiger partial charge in [0.2, 0.25) is 0 Å². The lowest BCUT2D eigenvalue weighted by Crippen LogP contribution is -2.06. The van der Waals surface area contributed by atoms with Gasteiger partial charge in [-0.3, -0.25) is 0 Å². The highest BCUT2D eigenvalue weighted by atomic mass is 15.1. The molecule has 0 unspecified atom stereocenters. The average Bonchev–Trinajstić information content (AvgIpc) is 4.13. The minimum atomic E-state index is 0.573. The van der Waals surface area contributed by atoms with E-state index in [1.165, 1.54) is 0 Å². The highest BCUT2D eigenvalue weighted by Crippen LogP contribution is 2.37. The van der Waals surface area contributed by atoms with Gasteiger partial charge in [0, 0.05) is 53.9 Å². The molecule has 0 aliphatic heterocycles. The molecular formula is C51H36N6. The van der Waals surface area contributed by atoms with Crippen LogP contribution in [0.2, 0.25) is 0 Å². The quantitative estimate of drug-likeness (QED) is 0.148. The SMILES string of the molecule is c1ccc(-c2ccc(-n3cccc3)c(-c3nc(-c4cc(-c5ccccc5)ccc4-n4cccc4)nc(-c4cc(-c5ccccc5)ccc4-n4cccc4)n3)c2)cc1. The Hall–Kier alpha value is -7.83. The van der Waals surface area contributed by atoms with Crippen LogP contribution in [0.15, 0.2) is 219 Å². The van der Waals surface area contributed by atoms with Crippen molar-refractivity contribution in [2.24, 2.45) is 0 Å². The van der Waals surface area contributed by atoms with Crippen LogP contribution in [-0.2, 0) is 0 Å². The second-order valence-electron chi connectivity index (χ2n) is 13.9. The fourth-order valence-electron chi connectivity index (χ4n) is 7.47. The summed E-state index contributed by atoms with van der Waals surface area (Å²) in [6, 6.07) is 63.1. The highest BCUT2D eigenvalue weighted by molar-refractivity contribution is 5.83. The molecular weight excluding hydrogens is 697 g/mol. The Morgan fingerprint density at radius 2 is 0.509 bits per heavy atom. The fraction of sp³-hybridized carbons (Fsp3) is 0. The fourth-order valence-corrected chi connectivity index (χ4v) is 7.47. The molecule has 4 heterocycles. The largest absolute Gasteiger partial charge is 0.323 e. The number of aromatic nitrogens is 6. The van der Waals surface area contributed by atoms with E-state index in [1.807, 2.05) is 54.6 Å². The molecule has 57 heavy (non-hydrogen) atoms. The number of hydrogen-bond acceptors (Lipinski definition) is 3. The predicted molar refractivity (Wildman–Crippen MR) is 230 cm³/mol. The first-order valence-corrected chi connectivity index (χ1v) is 19.0. The van der Waals surface area contributed by atoms with Crippen LogP contribution in [-0.4, -0.2) is 28.7 Å². The van der Waals surface area contributed by atoms with Gasteiger partial charge >= 0.3 is 0 Å². The molecule has 0 amide bonds. The van der Waals surface area contributed by atoms with Crippen LogP contribution >= 0.6 is 0 Å². The van der Waals surface area contributed by atoms with Gasteiger partial charge in [-0.25, -0.2) is 15.0 Å². The van der Waals surface area contributed by atoms with Crippen molar-refractivity contribution in [3.63, 3.8) is 0 Å². The van der Waals surface area contributed by atoms with Gasteiger partial charge in [0.25, 0.3) is 0 Å². The van der Waals surface area contributed by atoms with Gasteiger partial charge < -0.3 is 13.7 Å². The maximum Gasteiger partial charge on any atom is 0.166 e. The van der Waals surface area contributed by atoms with Crippen LogP contribution < -0.4 is 0 Å². The minimum absolute atomic E-state index is 0.573. The van der Waals surface area contributed by atoms with Crippen molar-refractivity contribution in [1.82, 2.24) is 28.7 Å². The van der Waals surface area contributed by atoms with E-state index in [2.05, 4.69) is 178 Å². The summed E-state index contributed by atoms with van der Waals surface area (Å²) < 4.78 is 6.36. The highest BCUT2D eigenvalue weighted by Gasteiger charge is 2.21. The standard InChI is InChI=1S/C51H36N6/c1-4-16-37(17-5-1)40-22-25-46(55-28-10-11-29-55)43(34-40)49-52-50(44-35-41(38-18-6-2-7-19-38)23-26-47(44)56-30-12-13-31-56)54-51(53-49)45-36-42(39-20-8-3-9-21-39)24-27-48(45)57-32-14-15-33-57/h1-36H. The molecule has 4 aromatic heterocycles. The number of rotatable bonds is 9. The molecule has 10 aromatic rings. The van der Waals surface area contributed by atoms with E-state index in [-0.39, 0.29) is 0 Å². The van der Waals surface area contributed by atoms with Gasteiger partial charge in [0.1, 0.15) is 0 Å². The molecule has 10 rings (SSSR count). The van der Waals surface area contributed by atoms with Crippen molar-refractivity contribution in [2.45, 2.75) is 0 Å². The van der Waals surface area contributed by atoms with E-state index in [1.54, 1.807) is 0 Å². The Balaban J connectivity index is 1.28. The zero-order valence-electron chi connectivity index (χ0n) is 31.0. The molecule has 0 spiro atoms. The first-order valence-electron chi connectivity index (χ1n) is 19.0. The number of nitrogens with zero attached hydrogens (tertiary/aromatic N) is 6. The molecule has 6 nitrogen and oxygen atoms in total. The first-order chi connectivity index (χ1) is 28.2. The summed E-state index contributed by atoms with van der Waals surface area (Å²) in [7, 11) is 0. The van der Waals surface area contributed by atoms with Crippen LogP contribution in [0, 0.1) is 0 Å². The van der Waals surface area contributed by atoms with Gasteiger partial charge in [-0.05, 0) is 106 Å². The first kappa shape index (κ1) is 33.7. The lowest BCUT2D eigenvalue weighted by Gasteiger charge is -2.18. The van der Waals surface area contributed by atoms with Crippen molar-refractivity contribution in [2.75, 3.05) is 0 Å². The topological polar surface area (TPSA) is 53.5 Å². The third kappa shape index (κ3) is 6.66. The summed E-state index contributed by atoms with van der Waals surface area (Å²) in [5, 5.41) is 0. The second-order valence-corrected chi connectivity index (χ2v) is 13.9. The van der Waals surface area contributed by atoms with E-state index in [9.17, 15) is 0 Å². The molecule has 0 saturated carbocycles. The minimum Gasteiger partial charge on any atom is -0.323 e. The van der Waals surface area contributed by atoms with Crippen molar-refractivity contribution >= 4 is 0 Å². The molecule has 0 fully saturated rings. The maximum absolute atomic E-state index is 5.43. The zero-order chi connectivity index (χ0) is 38.0. The average molecular weight is 733 g/mol. The summed E-state index contributed by atoms with van der Waals surface area (Å²) in [5.41, 5.74) is 12.1. The molecule has 0 radical (unpaired) electrons. The summed E-state index contributed by atoms with van der Waals surface area (Å²) in [6.45, 7) is 0. The smallest absolute Gasteiger partial charge is 0.166 e. The van der Waals surface area contributed by atoms with Crippen LogP contribution in [0.5, 0.6) is 0 Å². The lowest BCUT2D eigenvalue weighted by atomic mass is 9.99. The van der Waals surface area contributed by atoms with Crippen LogP contribution in [0.1, 0.15) is 0 Å². The molecule has 0 N–H and O–H groups in total. The van der Waals surface area contributed by atoms with Crippen molar-refractivity contribution < 1.29 is 0 Å². The molecule has 6 heteroatoms. The van der Waals surface area contributed by atoms with Gasteiger partial charge in [0.15, 0.2) is 17.5 Å². The van der Waals surface area contributed by atoms with Crippen molar-refractivity contribution in [3.05, 3.63) is 219 Å². The van der Waals surface area contributed by atoms with Gasteiger partial charge in [-0.2, -0.15) is 0 Å². The molecule has 0 bridgehead atoms. The predicted octanol–water partition coefficient (Wildman–Crippen LogP) is 12.2. The van der Waals surface area contributed by atoms with Crippen LogP contribution in [0.4, 0.5) is 0 Å². The number of hydrogen-bond donors (Lipinski definition) is 0. The van der Waals surface area contributed by atoms with E-state index >= 15 is 0 Å². The third-order valence-electron chi connectivity index (χ3n) is 10.3. The van der Waals surface area contributed by atoms with Crippen molar-refractivity contribution in [3.8, 4) is 84.6 Å². The number of benzene rings is 6. The second kappa shape index (κ2) is 14.8. The summed E-state index contributed by atoms with van der Waals surface area (Å²) in [6.07, 6.45) is 12.4. The zero-order valence-corrected chi connectivity index (χ0v) is 31.0. The Morgan fingerprint density at radius 3 is 0.772 bits per heavy atom.